The molecule has 0 saturated heterocycles. The molecule has 0 aromatic carbocycles. The van der Waals surface area contributed by atoms with Crippen molar-refractivity contribution in [2.24, 2.45) is 0 Å². The molecule has 0 radical (unpaired) electrons. The van der Waals surface area contributed by atoms with E-state index >= 15 is 0 Å². The molecule has 0 spiro atoms. The predicted octanol–water partition coefficient (Wildman–Crippen LogP) is 11.1. The van der Waals surface area contributed by atoms with Gasteiger partial charge in [0, 0.05) is 13.0 Å². The molecule has 5 nitrogen and oxygen atoms in total. The minimum absolute atomic E-state index is 0. The number of esters is 1. The normalized spacial score (nSPS) is 10.8. The second-order valence-corrected chi connectivity index (χ2v) is 12.7. The summed E-state index contributed by atoms with van der Waals surface area (Å²) in [5.41, 5.74) is 0. The third-order valence-electron chi connectivity index (χ3n) is 8.31. The smallest absolute Gasteiger partial charge is 0.542 e. The summed E-state index contributed by atoms with van der Waals surface area (Å²) in [6.45, 7) is 10.0. The van der Waals surface area contributed by atoms with Crippen LogP contribution in [0.3, 0.4) is 0 Å². The summed E-state index contributed by atoms with van der Waals surface area (Å²) < 4.78 is 5.30. The number of carbonyl (C=O) groups is 1. The Morgan fingerprint density at radius 3 is 1.53 bits per heavy atom. The molecule has 0 amide bonds. The number of ether oxygens (including phenoxy) is 1. The van der Waals surface area contributed by atoms with Crippen molar-refractivity contribution < 1.29 is 50.5 Å². The number of rotatable bonds is 35. The molecular formula is C39H77NO4U. The molecular weight excluding hydrogens is 784 g/mol. The molecule has 0 aliphatic carbocycles. The van der Waals surface area contributed by atoms with Crippen LogP contribution >= 0.6 is 0 Å². The van der Waals surface area contributed by atoms with Gasteiger partial charge in [0.25, 0.3) is 0 Å². The molecule has 0 aliphatic rings. The first-order chi connectivity index (χ1) is 21.7. The Balaban J connectivity index is -0.000000847. The van der Waals surface area contributed by atoms with Gasteiger partial charge in [0.05, 0.1) is 13.2 Å². The molecule has 0 aromatic rings. The zero-order chi connectivity index (χ0) is 32.6. The van der Waals surface area contributed by atoms with E-state index in [1.165, 1.54) is 122 Å². The molecule has 0 rings (SSSR count). The third kappa shape index (κ3) is 46.3. The van der Waals surface area contributed by atoms with Crippen molar-refractivity contribution in [1.29, 1.82) is 0 Å². The first kappa shape index (κ1) is 49.5. The zero-order valence-electron chi connectivity index (χ0n) is 30.5. The summed E-state index contributed by atoms with van der Waals surface area (Å²) in [5, 5.41) is 9.16. The van der Waals surface area contributed by atoms with Crippen molar-refractivity contribution in [1.82, 2.24) is 4.90 Å². The number of hydrogen-bond donors (Lipinski definition) is 1. The van der Waals surface area contributed by atoms with Gasteiger partial charge in [-0.3, -0.25) is 11.1 Å². The van der Waals surface area contributed by atoms with Gasteiger partial charge in [-0.05, 0) is 38.8 Å². The maximum absolute atomic E-state index is 11.8. The maximum atomic E-state index is 11.8. The minimum Gasteiger partial charge on any atom is -0.542 e. The third-order valence-corrected chi connectivity index (χ3v) is 8.31. The standard InChI is InChI=1S/C22H42NO4.C17H35.U/c1-2-3-4-5-6-9-14-21-27-22(26)15-10-12-17-23(18-20-25)16-11-7-8-13-19-24;1-3-5-7-9-11-13-15-17-16-14-12-10-8-6-4-2;/h25H,2-18,20-21H2,1H3;17H,3-16H2,1-2H3;/q2*-1;+2. The van der Waals surface area contributed by atoms with E-state index in [4.69, 9.17) is 9.84 Å². The van der Waals surface area contributed by atoms with Gasteiger partial charge in [-0.1, -0.05) is 149 Å². The summed E-state index contributed by atoms with van der Waals surface area (Å²) >= 11 is 0. The summed E-state index contributed by atoms with van der Waals surface area (Å²) in [6.07, 6.45) is 38.6. The van der Waals surface area contributed by atoms with Gasteiger partial charge in [-0.15, -0.1) is 0 Å². The first-order valence-electron chi connectivity index (χ1n) is 19.3. The Kier molecular flexibility index (Phi) is 50.9. The van der Waals surface area contributed by atoms with Crippen molar-refractivity contribution >= 4 is 12.3 Å². The number of unbranched alkanes of at least 4 members (excludes halogenated alkanes) is 24. The second kappa shape index (κ2) is 46.2. The van der Waals surface area contributed by atoms with E-state index in [1.807, 2.05) is 6.29 Å². The van der Waals surface area contributed by atoms with Crippen LogP contribution in [0.15, 0.2) is 0 Å². The second-order valence-electron chi connectivity index (χ2n) is 12.7. The Hall–Kier alpha value is 0.112. The minimum atomic E-state index is -0.0835. The zero-order valence-corrected chi connectivity index (χ0v) is 34.7. The van der Waals surface area contributed by atoms with Gasteiger partial charge >= 0.3 is 37.1 Å². The van der Waals surface area contributed by atoms with Crippen molar-refractivity contribution in [3.05, 3.63) is 6.42 Å². The van der Waals surface area contributed by atoms with Crippen LogP contribution in [0.1, 0.15) is 201 Å². The predicted molar refractivity (Wildman–Crippen MR) is 191 cm³/mol. The van der Waals surface area contributed by atoms with Gasteiger partial charge < -0.3 is 26.0 Å². The number of nitrogens with zero attached hydrogens (tertiary/aromatic N) is 1. The van der Waals surface area contributed by atoms with E-state index in [0.717, 1.165) is 58.0 Å². The number of hydrogen-bond acceptors (Lipinski definition) is 5. The Bertz CT molecular complexity index is 535. The maximum Gasteiger partial charge on any atom is 2.00 e. The number of aliphatic hydroxyl groups is 1. The topological polar surface area (TPSA) is 66.8 Å². The summed E-state index contributed by atoms with van der Waals surface area (Å²) in [7, 11) is 0. The van der Waals surface area contributed by atoms with E-state index in [-0.39, 0.29) is 43.7 Å². The molecule has 0 unspecified atom stereocenters. The molecule has 0 heterocycles. The summed E-state index contributed by atoms with van der Waals surface area (Å²) in [5.74, 6) is -0.0835. The average Bonchev–Trinajstić information content (AvgIpc) is 3.03. The fourth-order valence-corrected chi connectivity index (χ4v) is 5.39. The molecule has 0 aliphatic heterocycles. The van der Waals surface area contributed by atoms with Gasteiger partial charge in [0.2, 0.25) is 0 Å². The largest absolute Gasteiger partial charge is 2.00 e. The quantitative estimate of drug-likeness (QED) is 0.0391. The molecule has 6 heteroatoms. The molecule has 1 N–H and O–H groups in total. The summed E-state index contributed by atoms with van der Waals surface area (Å²) in [6, 6.07) is 0. The summed E-state index contributed by atoms with van der Waals surface area (Å²) in [4.78, 5) is 24.2. The van der Waals surface area contributed by atoms with E-state index in [9.17, 15) is 9.59 Å². The van der Waals surface area contributed by atoms with Crippen molar-refractivity contribution in [2.45, 2.75) is 201 Å². The van der Waals surface area contributed by atoms with Crippen molar-refractivity contribution in [2.75, 3.05) is 32.8 Å². The van der Waals surface area contributed by atoms with Crippen LogP contribution in [0.5, 0.6) is 0 Å². The molecule has 0 fully saturated rings. The number of aliphatic hydroxyl groups excluding tert-OH is 1. The van der Waals surface area contributed by atoms with E-state index in [2.05, 4.69) is 32.1 Å². The van der Waals surface area contributed by atoms with Crippen LogP contribution in [0.2, 0.25) is 0 Å². The van der Waals surface area contributed by atoms with Crippen LogP contribution < -0.4 is 0 Å². The van der Waals surface area contributed by atoms with Gasteiger partial charge in [-0.25, -0.2) is 0 Å². The van der Waals surface area contributed by atoms with Gasteiger partial charge in [0.1, 0.15) is 0 Å². The molecule has 266 valence electrons. The van der Waals surface area contributed by atoms with Crippen molar-refractivity contribution in [3.63, 3.8) is 0 Å². The Labute approximate surface area is 305 Å². The van der Waals surface area contributed by atoms with Gasteiger partial charge in [-0.2, -0.15) is 19.3 Å². The molecule has 0 aromatic heterocycles. The van der Waals surface area contributed by atoms with Crippen LogP contribution in [-0.4, -0.2) is 55.1 Å². The average molecular weight is 862 g/mol. The SMILES string of the molecule is CCCCCCCCCOC(=O)CCCCN(CCO)CCCCC[C-]=O.CCCCCCCC[CH-]CCCCCCCC.[U+2]. The van der Waals surface area contributed by atoms with Gasteiger partial charge in [0.15, 0.2) is 0 Å². The van der Waals surface area contributed by atoms with Crippen LogP contribution in [0.25, 0.3) is 0 Å². The fraction of sp³-hybridized carbons (Fsp3) is 0.923. The molecule has 45 heavy (non-hydrogen) atoms. The van der Waals surface area contributed by atoms with E-state index in [1.54, 1.807) is 0 Å². The van der Waals surface area contributed by atoms with Crippen LogP contribution in [-0.2, 0) is 14.3 Å². The molecule has 0 saturated carbocycles. The van der Waals surface area contributed by atoms with Crippen molar-refractivity contribution in [3.8, 4) is 0 Å². The molecule has 0 bridgehead atoms. The number of carbonyl (C=O) groups excluding carboxylic acids is 2. The van der Waals surface area contributed by atoms with E-state index in [0.29, 0.717) is 26.0 Å². The monoisotopic (exact) mass is 862 g/mol. The first-order valence-corrected chi connectivity index (χ1v) is 19.3. The Morgan fingerprint density at radius 2 is 1.04 bits per heavy atom. The fourth-order valence-electron chi connectivity index (χ4n) is 5.39. The van der Waals surface area contributed by atoms with Crippen LogP contribution in [0, 0.1) is 37.5 Å². The van der Waals surface area contributed by atoms with Crippen LogP contribution in [0.4, 0.5) is 0 Å². The molecule has 0 atom stereocenters. The Morgan fingerprint density at radius 1 is 0.600 bits per heavy atom. The van der Waals surface area contributed by atoms with E-state index < -0.39 is 0 Å².